The van der Waals surface area contributed by atoms with Crippen LogP contribution in [0.15, 0.2) is 30.3 Å². The van der Waals surface area contributed by atoms with Crippen molar-refractivity contribution < 1.29 is 15.0 Å². The number of aromatic hydroxyl groups is 1. The Balaban J connectivity index is 0. The highest BCUT2D eigenvalue weighted by atomic mass is 35.5. The molecule has 0 amide bonds. The Kier molecular flexibility index (Phi) is 8.79. The zero-order valence-electron chi connectivity index (χ0n) is 6.60. The average Bonchev–Trinajstić information content (AvgIpc) is 1.87. The molecule has 0 aliphatic carbocycles. The van der Waals surface area contributed by atoms with E-state index < -0.39 is 5.97 Å². The minimum Gasteiger partial charge on any atom is -0.508 e. The van der Waals surface area contributed by atoms with E-state index >= 15 is 0 Å². The molecule has 0 fully saturated rings. The molecule has 68 valence electrons. The number of phenolic OH excluding ortho intramolecular Hbond substituents is 1. The highest BCUT2D eigenvalue weighted by molar-refractivity contribution is 5.85. The van der Waals surface area contributed by atoms with Gasteiger partial charge in [-0.25, -0.2) is 0 Å². The number of benzene rings is 1. The zero-order valence-corrected chi connectivity index (χ0v) is 7.41. The molecule has 0 aliphatic rings. The summed E-state index contributed by atoms with van der Waals surface area (Å²) in [6.07, 6.45) is 0. The Hall–Kier alpha value is -1.22. The van der Waals surface area contributed by atoms with Crippen LogP contribution >= 0.6 is 12.4 Å². The number of carbonyl (C=O) groups is 1. The van der Waals surface area contributed by atoms with Crippen molar-refractivity contribution in [3.8, 4) is 5.75 Å². The summed E-state index contributed by atoms with van der Waals surface area (Å²) in [5.41, 5.74) is 0. The quantitative estimate of drug-likeness (QED) is 0.657. The minimum absolute atomic E-state index is 0. The summed E-state index contributed by atoms with van der Waals surface area (Å²) in [6, 6.07) is 8.71. The van der Waals surface area contributed by atoms with Gasteiger partial charge in [0, 0.05) is 6.92 Å². The summed E-state index contributed by atoms with van der Waals surface area (Å²) in [4.78, 5) is 9.00. The number of rotatable bonds is 0. The average molecular weight is 191 g/mol. The molecule has 0 atom stereocenters. The highest BCUT2D eigenvalue weighted by Crippen LogP contribution is 2.02. The lowest BCUT2D eigenvalue weighted by atomic mass is 10.3. The Morgan fingerprint density at radius 1 is 1.25 bits per heavy atom. The topological polar surface area (TPSA) is 57.5 Å². The standard InChI is InChI=1S/C6H6O.C2H4O2.ClH/c7-6-4-2-1-3-5-6;1-2(3)4;/h1-5,7H;1H3,(H,3,4);1H. The molecule has 3 nitrogen and oxygen atoms in total. The van der Waals surface area contributed by atoms with Crippen LogP contribution in [-0.2, 0) is 4.79 Å². The van der Waals surface area contributed by atoms with Gasteiger partial charge in [-0.2, -0.15) is 0 Å². The van der Waals surface area contributed by atoms with Crippen molar-refractivity contribution in [2.75, 3.05) is 0 Å². The number of halogens is 1. The van der Waals surface area contributed by atoms with Crippen LogP contribution in [0.3, 0.4) is 0 Å². The molecule has 0 aromatic heterocycles. The second kappa shape index (κ2) is 7.88. The lowest BCUT2D eigenvalue weighted by Gasteiger charge is -1.82. The number of hydrogen-bond acceptors (Lipinski definition) is 2. The SMILES string of the molecule is CC(=O)O.Cl.Oc1ccccc1. The van der Waals surface area contributed by atoms with Crippen LogP contribution in [0.2, 0.25) is 0 Å². The minimum atomic E-state index is -0.833. The zero-order chi connectivity index (χ0) is 8.69. The molecule has 0 radical (unpaired) electrons. The van der Waals surface area contributed by atoms with E-state index in [1.807, 2.05) is 6.07 Å². The largest absolute Gasteiger partial charge is 0.508 e. The first-order valence-electron chi connectivity index (χ1n) is 3.06. The molecule has 0 heterocycles. The monoisotopic (exact) mass is 190 g/mol. The van der Waals surface area contributed by atoms with Gasteiger partial charge in [-0.15, -0.1) is 12.4 Å². The number of aliphatic carboxylic acids is 1. The van der Waals surface area contributed by atoms with Crippen molar-refractivity contribution in [1.29, 1.82) is 0 Å². The van der Waals surface area contributed by atoms with Crippen LogP contribution in [0.4, 0.5) is 0 Å². The van der Waals surface area contributed by atoms with E-state index in [0.717, 1.165) is 6.92 Å². The third kappa shape index (κ3) is 11.6. The molecule has 0 unspecified atom stereocenters. The van der Waals surface area contributed by atoms with Crippen LogP contribution in [0.1, 0.15) is 6.92 Å². The molecule has 0 saturated carbocycles. The van der Waals surface area contributed by atoms with Crippen molar-refractivity contribution in [3.05, 3.63) is 30.3 Å². The predicted octanol–water partition coefficient (Wildman–Crippen LogP) is 1.90. The van der Waals surface area contributed by atoms with E-state index in [-0.39, 0.29) is 12.4 Å². The first-order valence-corrected chi connectivity index (χ1v) is 3.06. The van der Waals surface area contributed by atoms with E-state index in [1.165, 1.54) is 0 Å². The molecular formula is C8H11ClO3. The molecule has 0 aliphatic heterocycles. The van der Waals surface area contributed by atoms with E-state index in [2.05, 4.69) is 0 Å². The Morgan fingerprint density at radius 2 is 1.58 bits per heavy atom. The van der Waals surface area contributed by atoms with Crippen LogP contribution in [0.5, 0.6) is 5.75 Å². The predicted molar refractivity (Wildman–Crippen MR) is 48.7 cm³/mol. The third-order valence-electron chi connectivity index (χ3n) is 0.756. The van der Waals surface area contributed by atoms with Gasteiger partial charge < -0.3 is 10.2 Å². The Bertz CT molecular complexity index is 207. The van der Waals surface area contributed by atoms with E-state index in [0.29, 0.717) is 5.75 Å². The van der Waals surface area contributed by atoms with Crippen LogP contribution in [0.25, 0.3) is 0 Å². The fourth-order valence-electron chi connectivity index (χ4n) is 0.428. The van der Waals surface area contributed by atoms with Gasteiger partial charge in [0.1, 0.15) is 5.75 Å². The summed E-state index contributed by atoms with van der Waals surface area (Å²) < 4.78 is 0. The molecule has 1 rings (SSSR count). The molecule has 12 heavy (non-hydrogen) atoms. The lowest BCUT2D eigenvalue weighted by Crippen LogP contribution is -1.78. The van der Waals surface area contributed by atoms with Gasteiger partial charge in [-0.3, -0.25) is 4.79 Å². The maximum Gasteiger partial charge on any atom is 0.300 e. The third-order valence-corrected chi connectivity index (χ3v) is 0.756. The fraction of sp³-hybridized carbons (Fsp3) is 0.125. The van der Waals surface area contributed by atoms with E-state index in [1.54, 1.807) is 24.3 Å². The van der Waals surface area contributed by atoms with Crippen molar-refractivity contribution in [2.45, 2.75) is 6.92 Å². The molecule has 0 bridgehead atoms. The molecule has 1 aromatic rings. The molecule has 1 aromatic carbocycles. The number of carboxylic acids is 1. The number of carboxylic acid groups (broad SMARTS) is 1. The van der Waals surface area contributed by atoms with Gasteiger partial charge in [0.05, 0.1) is 0 Å². The van der Waals surface area contributed by atoms with Crippen molar-refractivity contribution >= 4 is 18.4 Å². The van der Waals surface area contributed by atoms with E-state index in [4.69, 9.17) is 15.0 Å². The van der Waals surface area contributed by atoms with Gasteiger partial charge in [0.2, 0.25) is 0 Å². The normalized spacial score (nSPS) is 7.08. The van der Waals surface area contributed by atoms with Gasteiger partial charge >= 0.3 is 0 Å². The van der Waals surface area contributed by atoms with Gasteiger partial charge in [-0.05, 0) is 12.1 Å². The van der Waals surface area contributed by atoms with Crippen LogP contribution in [-0.4, -0.2) is 16.2 Å². The maximum atomic E-state index is 9.00. The smallest absolute Gasteiger partial charge is 0.300 e. The summed E-state index contributed by atoms with van der Waals surface area (Å²) >= 11 is 0. The summed E-state index contributed by atoms with van der Waals surface area (Å²) in [5.74, 6) is -0.512. The van der Waals surface area contributed by atoms with Crippen molar-refractivity contribution in [3.63, 3.8) is 0 Å². The van der Waals surface area contributed by atoms with Gasteiger partial charge in [0.15, 0.2) is 0 Å². The van der Waals surface area contributed by atoms with Crippen molar-refractivity contribution in [1.82, 2.24) is 0 Å². The van der Waals surface area contributed by atoms with Gasteiger partial charge in [-0.1, -0.05) is 18.2 Å². The molecule has 0 saturated heterocycles. The summed E-state index contributed by atoms with van der Waals surface area (Å²) in [6.45, 7) is 1.08. The van der Waals surface area contributed by atoms with E-state index in [9.17, 15) is 0 Å². The number of hydrogen-bond donors (Lipinski definition) is 2. The molecule has 4 heteroatoms. The summed E-state index contributed by atoms with van der Waals surface area (Å²) in [5, 5.41) is 16.0. The number of phenols is 1. The first kappa shape index (κ1) is 13.4. The Morgan fingerprint density at radius 3 is 1.75 bits per heavy atom. The van der Waals surface area contributed by atoms with Crippen molar-refractivity contribution in [2.24, 2.45) is 0 Å². The van der Waals surface area contributed by atoms with Gasteiger partial charge in [0.25, 0.3) is 5.97 Å². The second-order valence-corrected chi connectivity index (χ2v) is 1.85. The summed E-state index contributed by atoms with van der Waals surface area (Å²) in [7, 11) is 0. The molecule has 2 N–H and O–H groups in total. The van der Waals surface area contributed by atoms with Crippen LogP contribution in [0, 0.1) is 0 Å². The first-order chi connectivity index (χ1) is 5.13. The molecular weight excluding hydrogens is 180 g/mol. The second-order valence-electron chi connectivity index (χ2n) is 1.85. The number of para-hydroxylation sites is 1. The fourth-order valence-corrected chi connectivity index (χ4v) is 0.428. The maximum absolute atomic E-state index is 9.00. The lowest BCUT2D eigenvalue weighted by molar-refractivity contribution is -0.134. The molecule has 0 spiro atoms. The Labute approximate surface area is 77.1 Å². The highest BCUT2D eigenvalue weighted by Gasteiger charge is 1.74. The van der Waals surface area contributed by atoms with Crippen LogP contribution < -0.4 is 0 Å².